The molecule has 4 nitrogen and oxygen atoms in total. The second-order valence-electron chi connectivity index (χ2n) is 12.1. The van der Waals surface area contributed by atoms with E-state index in [-0.39, 0.29) is 0 Å². The molecule has 47 heavy (non-hydrogen) atoms. The largest absolute Gasteiger partial charge is 0.437 e. The van der Waals surface area contributed by atoms with Crippen LogP contribution >= 0.6 is 11.3 Å². The highest BCUT2D eigenvalue weighted by Gasteiger charge is 2.24. The average molecular weight is 618 g/mol. The number of nitrogens with zero attached hydrogens (tertiary/aromatic N) is 3. The fraction of sp³-hybridized carbons (Fsp3) is 0. The van der Waals surface area contributed by atoms with Crippen LogP contribution in [-0.4, -0.2) is 14.5 Å². The van der Waals surface area contributed by atoms with Gasteiger partial charge in [0, 0.05) is 47.3 Å². The van der Waals surface area contributed by atoms with Crippen molar-refractivity contribution in [1.29, 1.82) is 0 Å². The molecule has 0 radical (unpaired) electrons. The fourth-order valence-electron chi connectivity index (χ4n) is 7.59. The predicted molar refractivity (Wildman–Crippen MR) is 197 cm³/mol. The Morgan fingerprint density at radius 2 is 1.23 bits per heavy atom. The minimum atomic E-state index is 0.581. The number of para-hydroxylation sites is 2. The predicted octanol–water partition coefficient (Wildman–Crippen LogP) is 11.8. The van der Waals surface area contributed by atoms with E-state index in [1.165, 1.54) is 52.5 Å². The van der Waals surface area contributed by atoms with Crippen LogP contribution in [0.4, 0.5) is 0 Å². The summed E-state index contributed by atoms with van der Waals surface area (Å²) in [7, 11) is 0. The van der Waals surface area contributed by atoms with Crippen LogP contribution in [0.5, 0.6) is 0 Å². The Morgan fingerprint density at radius 1 is 0.532 bits per heavy atom. The third-order valence-electron chi connectivity index (χ3n) is 9.60. The van der Waals surface area contributed by atoms with Crippen LogP contribution in [0.15, 0.2) is 144 Å². The van der Waals surface area contributed by atoms with E-state index in [2.05, 4.69) is 126 Å². The molecule has 11 aromatic rings. The average Bonchev–Trinajstić information content (AvgIpc) is 3.81. The number of furan rings is 1. The highest BCUT2D eigenvalue weighted by atomic mass is 32.1. The smallest absolute Gasteiger partial charge is 0.238 e. The highest BCUT2D eigenvalue weighted by molar-refractivity contribution is 7.27. The van der Waals surface area contributed by atoms with E-state index in [1.807, 2.05) is 29.5 Å². The van der Waals surface area contributed by atoms with Crippen molar-refractivity contribution in [3.8, 4) is 17.2 Å². The lowest BCUT2D eigenvalue weighted by atomic mass is 10.00. The number of rotatable bonds is 2. The SMILES string of the molecule is c1ccc2cc(-c3nc(-n4c5ccccc5c5c6sc7ccccc7c6c6ccccc6c54)nc4oc5ccccc5c34)ccc2c1. The van der Waals surface area contributed by atoms with Crippen LogP contribution in [0.25, 0.3) is 103 Å². The molecule has 4 heterocycles. The number of fused-ring (bicyclic) bond motifs is 14. The molecule has 11 rings (SSSR count). The lowest BCUT2D eigenvalue weighted by Crippen LogP contribution is -2.03. The molecule has 0 fully saturated rings. The van der Waals surface area contributed by atoms with Gasteiger partial charge in [-0.05, 0) is 40.4 Å². The van der Waals surface area contributed by atoms with Gasteiger partial charge in [0.1, 0.15) is 5.58 Å². The van der Waals surface area contributed by atoms with Gasteiger partial charge < -0.3 is 4.42 Å². The first-order chi connectivity index (χ1) is 23.3. The molecular weight excluding hydrogens is 595 g/mol. The minimum absolute atomic E-state index is 0.581. The molecule has 0 spiro atoms. The van der Waals surface area contributed by atoms with Crippen molar-refractivity contribution in [1.82, 2.24) is 14.5 Å². The number of benzene rings is 7. The summed E-state index contributed by atoms with van der Waals surface area (Å²) in [6, 6.07) is 49.3. The Balaban J connectivity index is 1.34. The first-order valence-corrected chi connectivity index (χ1v) is 16.6. The number of aromatic nitrogens is 3. The summed E-state index contributed by atoms with van der Waals surface area (Å²) in [6.07, 6.45) is 0. The van der Waals surface area contributed by atoms with Crippen LogP contribution in [0, 0.1) is 0 Å². The van der Waals surface area contributed by atoms with E-state index in [9.17, 15) is 0 Å². The Bertz CT molecular complexity index is 3090. The van der Waals surface area contributed by atoms with Crippen molar-refractivity contribution in [3.63, 3.8) is 0 Å². The maximum atomic E-state index is 6.50. The minimum Gasteiger partial charge on any atom is -0.437 e. The lowest BCUT2D eigenvalue weighted by Gasteiger charge is -2.12. The third kappa shape index (κ3) is 3.41. The van der Waals surface area contributed by atoms with Gasteiger partial charge in [-0.2, -0.15) is 4.98 Å². The highest BCUT2D eigenvalue weighted by Crippen LogP contribution is 2.48. The summed E-state index contributed by atoms with van der Waals surface area (Å²) >= 11 is 1.86. The number of thiophene rings is 1. The zero-order valence-corrected chi connectivity index (χ0v) is 25.8. The van der Waals surface area contributed by atoms with Gasteiger partial charge in [-0.15, -0.1) is 11.3 Å². The summed E-state index contributed by atoms with van der Waals surface area (Å²) in [4.78, 5) is 10.7. The molecule has 0 bridgehead atoms. The van der Waals surface area contributed by atoms with Crippen LogP contribution < -0.4 is 0 Å². The van der Waals surface area contributed by atoms with Crippen molar-refractivity contribution < 1.29 is 4.42 Å². The molecular formula is C42H23N3OS. The molecule has 218 valence electrons. The molecule has 4 aromatic heterocycles. The van der Waals surface area contributed by atoms with E-state index in [0.717, 1.165) is 38.6 Å². The van der Waals surface area contributed by atoms with Crippen molar-refractivity contribution in [2.45, 2.75) is 0 Å². The molecule has 0 saturated carbocycles. The van der Waals surface area contributed by atoms with Gasteiger partial charge in [-0.3, -0.25) is 4.57 Å². The molecule has 0 unspecified atom stereocenters. The standard InChI is InChI=1S/C42H23N3OS/c1-2-12-25-23-26(22-21-24(25)11-1)38-36-30-16-6-9-19-33(30)46-41(36)44-42(43-38)45-32-18-8-5-15-29(32)37-39(45)28-14-4-3-13-27(28)35-31-17-7-10-20-34(31)47-40(35)37/h1-23H. The maximum Gasteiger partial charge on any atom is 0.238 e. The Kier molecular flexibility index (Phi) is 4.96. The van der Waals surface area contributed by atoms with Gasteiger partial charge >= 0.3 is 0 Å². The van der Waals surface area contributed by atoms with Gasteiger partial charge in [0.2, 0.25) is 11.7 Å². The van der Waals surface area contributed by atoms with E-state index in [1.54, 1.807) is 0 Å². The summed E-state index contributed by atoms with van der Waals surface area (Å²) < 4.78 is 11.3. The van der Waals surface area contributed by atoms with Crippen LogP contribution in [-0.2, 0) is 0 Å². The second kappa shape index (κ2) is 9.25. The Hall–Kier alpha value is -6.04. The normalized spacial score (nSPS) is 12.3. The third-order valence-corrected chi connectivity index (χ3v) is 10.8. The van der Waals surface area contributed by atoms with Crippen molar-refractivity contribution >= 4 is 96.9 Å². The van der Waals surface area contributed by atoms with Crippen LogP contribution in [0.1, 0.15) is 0 Å². The first-order valence-electron chi connectivity index (χ1n) is 15.8. The Morgan fingerprint density at radius 3 is 2.13 bits per heavy atom. The molecule has 0 aliphatic heterocycles. The summed E-state index contributed by atoms with van der Waals surface area (Å²) in [5, 5.41) is 11.7. The molecule has 7 aromatic carbocycles. The Labute approximate surface area is 271 Å². The fourth-order valence-corrected chi connectivity index (χ4v) is 8.86. The first kappa shape index (κ1) is 25.2. The molecule has 0 atom stereocenters. The van der Waals surface area contributed by atoms with E-state index >= 15 is 0 Å². The van der Waals surface area contributed by atoms with E-state index in [0.29, 0.717) is 11.7 Å². The van der Waals surface area contributed by atoms with Gasteiger partial charge in [0.15, 0.2) is 0 Å². The molecule has 0 aliphatic rings. The zero-order chi connectivity index (χ0) is 30.6. The quantitative estimate of drug-likeness (QED) is 0.194. The topological polar surface area (TPSA) is 43.9 Å². The number of hydrogen-bond acceptors (Lipinski definition) is 4. The molecule has 0 saturated heterocycles. The van der Waals surface area contributed by atoms with Crippen LogP contribution in [0.2, 0.25) is 0 Å². The van der Waals surface area contributed by atoms with Gasteiger partial charge in [-0.25, -0.2) is 4.98 Å². The molecule has 0 amide bonds. The van der Waals surface area contributed by atoms with E-state index in [4.69, 9.17) is 14.4 Å². The van der Waals surface area contributed by atoms with Crippen molar-refractivity contribution in [2.24, 2.45) is 0 Å². The van der Waals surface area contributed by atoms with Crippen LogP contribution in [0.3, 0.4) is 0 Å². The lowest BCUT2D eigenvalue weighted by molar-refractivity contribution is 0.651. The van der Waals surface area contributed by atoms with Gasteiger partial charge in [0.05, 0.1) is 22.1 Å². The monoisotopic (exact) mass is 617 g/mol. The van der Waals surface area contributed by atoms with Gasteiger partial charge in [-0.1, -0.05) is 115 Å². The van der Waals surface area contributed by atoms with Crippen molar-refractivity contribution in [2.75, 3.05) is 0 Å². The second-order valence-corrected chi connectivity index (χ2v) is 13.2. The molecule has 5 heteroatoms. The summed E-state index contributed by atoms with van der Waals surface area (Å²) in [6.45, 7) is 0. The molecule has 0 aliphatic carbocycles. The van der Waals surface area contributed by atoms with Gasteiger partial charge in [0.25, 0.3) is 0 Å². The summed E-state index contributed by atoms with van der Waals surface area (Å²) in [5.41, 5.74) is 5.45. The van der Waals surface area contributed by atoms with E-state index < -0.39 is 0 Å². The maximum absolute atomic E-state index is 6.50. The molecule has 0 N–H and O–H groups in total. The zero-order valence-electron chi connectivity index (χ0n) is 24.9. The summed E-state index contributed by atoms with van der Waals surface area (Å²) in [5.74, 6) is 0.594. The van der Waals surface area contributed by atoms with Crippen molar-refractivity contribution in [3.05, 3.63) is 140 Å². The number of hydrogen-bond donors (Lipinski definition) is 0.